The largest absolute Gasteiger partial charge is 0.396 e. The molecule has 0 saturated heterocycles. The van der Waals surface area contributed by atoms with Gasteiger partial charge in [-0.05, 0) is 37.0 Å². The van der Waals surface area contributed by atoms with Crippen LogP contribution in [0.4, 0.5) is 0 Å². The van der Waals surface area contributed by atoms with Gasteiger partial charge >= 0.3 is 0 Å². The lowest BCUT2D eigenvalue weighted by molar-refractivity contribution is -0.123. The Balaban J connectivity index is 0. The van der Waals surface area contributed by atoms with Gasteiger partial charge in [-0.3, -0.25) is 4.79 Å². The van der Waals surface area contributed by atoms with Crippen LogP contribution in [0.15, 0.2) is 0 Å². The van der Waals surface area contributed by atoms with Crippen molar-refractivity contribution in [2.75, 3.05) is 13.2 Å². The Morgan fingerprint density at radius 3 is 2.21 bits per heavy atom. The molecule has 0 aromatic carbocycles. The Hall–Kier alpha value is -0.320. The number of aliphatic hydroxyl groups is 1. The van der Waals surface area contributed by atoms with Crippen LogP contribution in [0.3, 0.4) is 0 Å². The summed E-state index contributed by atoms with van der Waals surface area (Å²) in [4.78, 5) is 11.9. The lowest BCUT2D eigenvalue weighted by Gasteiger charge is -2.31. The fourth-order valence-corrected chi connectivity index (χ4v) is 2.20. The van der Waals surface area contributed by atoms with Crippen LogP contribution in [-0.2, 0) is 4.79 Å². The highest BCUT2D eigenvalue weighted by Crippen LogP contribution is 2.29. The number of nitrogens with two attached hydrogens (primary N) is 1. The van der Waals surface area contributed by atoms with Gasteiger partial charge in [0.25, 0.3) is 0 Å². The summed E-state index contributed by atoms with van der Waals surface area (Å²) in [6, 6.07) is -0.425. The van der Waals surface area contributed by atoms with E-state index in [4.69, 9.17) is 10.8 Å². The molecular formula is C14H31ClN2O2. The maximum Gasteiger partial charge on any atom is 0.236 e. The van der Waals surface area contributed by atoms with Crippen molar-refractivity contribution in [2.24, 2.45) is 17.1 Å². The van der Waals surface area contributed by atoms with Crippen LogP contribution in [-0.4, -0.2) is 30.2 Å². The maximum absolute atomic E-state index is 11.9. The van der Waals surface area contributed by atoms with Gasteiger partial charge in [0.05, 0.1) is 6.04 Å². The lowest BCUT2D eigenvalue weighted by atomic mass is 9.79. The third-order valence-corrected chi connectivity index (χ3v) is 3.84. The Labute approximate surface area is 123 Å². The fourth-order valence-electron chi connectivity index (χ4n) is 2.20. The van der Waals surface area contributed by atoms with Gasteiger partial charge in [0.1, 0.15) is 0 Å². The molecule has 1 atom stereocenters. The molecule has 4 N–H and O–H groups in total. The van der Waals surface area contributed by atoms with Crippen molar-refractivity contribution in [1.29, 1.82) is 0 Å². The third kappa shape index (κ3) is 7.75. The number of aliphatic hydroxyl groups excluding tert-OH is 1. The van der Waals surface area contributed by atoms with Gasteiger partial charge in [0, 0.05) is 13.2 Å². The molecule has 0 bridgehead atoms. The zero-order chi connectivity index (χ0) is 14.2. The van der Waals surface area contributed by atoms with Gasteiger partial charge in [-0.25, -0.2) is 0 Å². The van der Waals surface area contributed by atoms with Crippen LogP contribution in [0.1, 0.15) is 53.4 Å². The van der Waals surface area contributed by atoms with E-state index in [-0.39, 0.29) is 30.3 Å². The van der Waals surface area contributed by atoms with E-state index in [9.17, 15) is 4.79 Å². The number of hydrogen-bond acceptors (Lipinski definition) is 3. The van der Waals surface area contributed by atoms with Crippen LogP contribution in [0, 0.1) is 11.3 Å². The van der Waals surface area contributed by atoms with E-state index in [0.29, 0.717) is 18.9 Å². The predicted octanol–water partition coefficient (Wildman–Crippen LogP) is 2.09. The molecule has 1 amide bonds. The minimum Gasteiger partial charge on any atom is -0.396 e. The smallest absolute Gasteiger partial charge is 0.236 e. The summed E-state index contributed by atoms with van der Waals surface area (Å²) in [6.07, 6.45) is 3.32. The molecule has 0 aliphatic carbocycles. The van der Waals surface area contributed by atoms with E-state index in [1.807, 2.05) is 0 Å². The first-order valence-electron chi connectivity index (χ1n) is 7.05. The Morgan fingerprint density at radius 2 is 1.84 bits per heavy atom. The van der Waals surface area contributed by atoms with E-state index in [0.717, 1.165) is 19.3 Å². The molecule has 0 spiro atoms. The Bertz CT molecular complexity index is 244. The zero-order valence-corrected chi connectivity index (χ0v) is 13.6. The van der Waals surface area contributed by atoms with Crippen LogP contribution in [0.5, 0.6) is 0 Å². The van der Waals surface area contributed by atoms with Crippen LogP contribution >= 0.6 is 12.4 Å². The lowest BCUT2D eigenvalue weighted by Crippen LogP contribution is -2.46. The molecule has 0 radical (unpaired) electrons. The van der Waals surface area contributed by atoms with Crippen molar-refractivity contribution >= 4 is 18.3 Å². The number of halogens is 1. The van der Waals surface area contributed by atoms with Crippen LogP contribution < -0.4 is 11.1 Å². The number of rotatable bonds is 9. The van der Waals surface area contributed by atoms with Crippen molar-refractivity contribution in [1.82, 2.24) is 5.32 Å². The van der Waals surface area contributed by atoms with Crippen LogP contribution in [0.2, 0.25) is 0 Å². The van der Waals surface area contributed by atoms with Gasteiger partial charge in [-0.1, -0.05) is 27.7 Å². The summed E-state index contributed by atoms with van der Waals surface area (Å²) in [7, 11) is 0. The number of hydrogen-bond donors (Lipinski definition) is 3. The molecule has 19 heavy (non-hydrogen) atoms. The second-order valence-electron chi connectivity index (χ2n) is 5.63. The van der Waals surface area contributed by atoms with Crippen molar-refractivity contribution in [3.05, 3.63) is 0 Å². The summed E-state index contributed by atoms with van der Waals surface area (Å²) >= 11 is 0. The Morgan fingerprint density at radius 1 is 1.32 bits per heavy atom. The molecule has 0 aromatic rings. The summed E-state index contributed by atoms with van der Waals surface area (Å²) < 4.78 is 0. The van der Waals surface area contributed by atoms with Crippen molar-refractivity contribution in [3.63, 3.8) is 0 Å². The van der Waals surface area contributed by atoms with Gasteiger partial charge < -0.3 is 16.2 Å². The minimum atomic E-state index is -0.425. The first kappa shape index (κ1) is 21.0. The summed E-state index contributed by atoms with van der Waals surface area (Å²) in [5.41, 5.74) is 5.84. The molecule has 0 saturated carbocycles. The van der Waals surface area contributed by atoms with Crippen LogP contribution in [0.25, 0.3) is 0 Å². The van der Waals surface area contributed by atoms with Crippen molar-refractivity contribution in [3.8, 4) is 0 Å². The quantitative estimate of drug-likeness (QED) is 0.609. The summed E-state index contributed by atoms with van der Waals surface area (Å²) in [6.45, 7) is 9.07. The molecule has 116 valence electrons. The molecule has 0 fully saturated rings. The van der Waals surface area contributed by atoms with E-state index < -0.39 is 6.04 Å². The van der Waals surface area contributed by atoms with Crippen molar-refractivity contribution in [2.45, 2.75) is 59.4 Å². The highest BCUT2D eigenvalue weighted by molar-refractivity contribution is 5.85. The van der Waals surface area contributed by atoms with Gasteiger partial charge in [0.15, 0.2) is 0 Å². The summed E-state index contributed by atoms with van der Waals surface area (Å²) in [5.74, 6) is 0.346. The number of nitrogens with one attached hydrogen (secondary N) is 1. The first-order chi connectivity index (χ1) is 8.40. The van der Waals surface area contributed by atoms with E-state index in [1.165, 1.54) is 0 Å². The average Bonchev–Trinajstić information content (AvgIpc) is 2.33. The second-order valence-corrected chi connectivity index (χ2v) is 5.63. The SMILES string of the molecule is CCC(CC)(CCO)CNC(=O)[C@@H](N)CC(C)C.Cl. The molecule has 0 heterocycles. The topological polar surface area (TPSA) is 75.3 Å². The van der Waals surface area contributed by atoms with Gasteiger partial charge in [0.2, 0.25) is 5.91 Å². The maximum atomic E-state index is 11.9. The number of carbonyl (C=O) groups is 1. The molecule has 5 heteroatoms. The predicted molar refractivity (Wildman–Crippen MR) is 82.4 cm³/mol. The second kappa shape index (κ2) is 10.5. The highest BCUT2D eigenvalue weighted by atomic mass is 35.5. The molecule has 0 aliphatic heterocycles. The molecule has 0 aromatic heterocycles. The fraction of sp³-hybridized carbons (Fsp3) is 0.929. The standard InChI is InChI=1S/C14H30N2O2.ClH/c1-5-14(6-2,7-8-17)10-16-13(18)12(15)9-11(3)4;/h11-12,17H,5-10,15H2,1-4H3,(H,16,18);1H/t12-;/m0./s1. The first-order valence-corrected chi connectivity index (χ1v) is 7.05. The number of amides is 1. The molecule has 0 rings (SSSR count). The third-order valence-electron chi connectivity index (χ3n) is 3.84. The highest BCUT2D eigenvalue weighted by Gasteiger charge is 2.27. The Kier molecular flexibility index (Phi) is 11.6. The van der Waals surface area contributed by atoms with Gasteiger partial charge in [-0.2, -0.15) is 0 Å². The summed E-state index contributed by atoms with van der Waals surface area (Å²) in [5, 5.41) is 12.1. The zero-order valence-electron chi connectivity index (χ0n) is 12.7. The molecule has 0 aliphatic rings. The van der Waals surface area contributed by atoms with E-state index >= 15 is 0 Å². The van der Waals surface area contributed by atoms with E-state index in [1.54, 1.807) is 0 Å². The van der Waals surface area contributed by atoms with E-state index in [2.05, 4.69) is 33.0 Å². The minimum absolute atomic E-state index is 0. The van der Waals surface area contributed by atoms with Crippen molar-refractivity contribution < 1.29 is 9.90 Å². The molecular weight excluding hydrogens is 264 g/mol. The normalized spacial score (nSPS) is 13.0. The average molecular weight is 295 g/mol. The number of carbonyl (C=O) groups excluding carboxylic acids is 1. The molecule has 4 nitrogen and oxygen atoms in total. The van der Waals surface area contributed by atoms with Gasteiger partial charge in [-0.15, -0.1) is 12.4 Å². The molecule has 0 unspecified atom stereocenters. The monoisotopic (exact) mass is 294 g/mol.